The molecule has 0 saturated heterocycles. The van der Waals surface area contributed by atoms with Gasteiger partial charge in [0.25, 0.3) is 0 Å². The number of anilines is 11. The van der Waals surface area contributed by atoms with Gasteiger partial charge in [0.05, 0.1) is 5.54 Å². The van der Waals surface area contributed by atoms with Crippen molar-refractivity contribution in [2.24, 2.45) is 0 Å². The molecule has 1 atom stereocenters. The minimum absolute atomic E-state index is 0.420. The lowest BCUT2D eigenvalue weighted by molar-refractivity contribution is 0.547. The molecule has 1 aliphatic carbocycles. The second kappa shape index (κ2) is 32.6. The fourth-order valence-corrected chi connectivity index (χ4v) is 14.3. The van der Waals surface area contributed by atoms with Gasteiger partial charge in [0.2, 0.25) is 0 Å². The largest absolute Gasteiger partial charge is 0.327 e. The van der Waals surface area contributed by atoms with E-state index >= 15 is 0 Å². The summed E-state index contributed by atoms with van der Waals surface area (Å²) in [5, 5.41) is 1.42. The Morgan fingerprint density at radius 3 is 1.11 bits per heavy atom. The van der Waals surface area contributed by atoms with Crippen molar-refractivity contribution in [3.63, 3.8) is 0 Å². The first kappa shape index (κ1) is 69.6. The summed E-state index contributed by atoms with van der Waals surface area (Å²) in [7, 11) is 0. The number of benzene rings is 13. The highest BCUT2D eigenvalue weighted by molar-refractivity contribution is 6.31. The van der Waals surface area contributed by atoms with E-state index < -0.39 is 5.54 Å². The van der Waals surface area contributed by atoms with Crippen molar-refractivity contribution in [2.45, 2.75) is 92.0 Å². The summed E-state index contributed by atoms with van der Waals surface area (Å²) in [6, 6.07) is 115. The second-order valence-corrected chi connectivity index (χ2v) is 27.7. The van der Waals surface area contributed by atoms with Gasteiger partial charge >= 0.3 is 0 Å². The second-order valence-electron chi connectivity index (χ2n) is 26.8. The average molecular weight is 1370 g/mol. The van der Waals surface area contributed by atoms with E-state index in [0.29, 0.717) is 10.0 Å². The number of halogens is 2. The van der Waals surface area contributed by atoms with Gasteiger partial charge in [-0.1, -0.05) is 256 Å². The highest BCUT2D eigenvalue weighted by atomic mass is 35.5. The third-order valence-corrected chi connectivity index (χ3v) is 20.0. The summed E-state index contributed by atoms with van der Waals surface area (Å²) in [5.74, 6) is 0. The standard InChI is InChI=1S/C54H58N2.C42H30Cl2N2/c1-7-9-14-44-22-28-49(29-23-44)55(52-38-40(3)18-20-42(52)5)50-32-26-46(27-33-50)47-34-36-54(37-35-47,48-16-12-11-13-17-48)56(53-39-41(4)19-21-43(53)6)51-30-24-45(25-31-51)15-10-8-2;43-35-9-7-15-41(29-35)45(37-11-3-1-4-12-37)39-25-21-33(22-26-39)31-17-19-32(20-18-31)34-23-27-40(28-24-34)46(38-13-5-2-6-14-38)42-16-8-10-36(44)30-42/h11-13,16-36,38-39H,7-10,14-15,37H2,1-6H3;1-30H. The van der Waals surface area contributed by atoms with Crippen LogP contribution in [0.15, 0.2) is 340 Å². The molecule has 1 aliphatic rings. The molecule has 6 heteroatoms. The van der Waals surface area contributed by atoms with Crippen LogP contribution in [-0.4, -0.2) is 0 Å². The molecule has 13 aromatic rings. The predicted octanol–water partition coefficient (Wildman–Crippen LogP) is 28.4. The number of hydrogen-bond donors (Lipinski definition) is 0. The van der Waals surface area contributed by atoms with E-state index in [-0.39, 0.29) is 0 Å². The van der Waals surface area contributed by atoms with Crippen molar-refractivity contribution in [3.05, 3.63) is 394 Å². The van der Waals surface area contributed by atoms with Crippen LogP contribution in [0.1, 0.15) is 90.5 Å². The molecule has 0 spiro atoms. The normalized spacial score (nSPS) is 13.2. The molecule has 0 radical (unpaired) electrons. The van der Waals surface area contributed by atoms with E-state index in [1.165, 1.54) is 98.5 Å². The topological polar surface area (TPSA) is 13.0 Å². The van der Waals surface area contributed by atoms with Crippen LogP contribution in [0, 0.1) is 27.7 Å². The van der Waals surface area contributed by atoms with Crippen LogP contribution < -0.4 is 19.6 Å². The van der Waals surface area contributed by atoms with Gasteiger partial charge < -0.3 is 19.6 Å². The van der Waals surface area contributed by atoms with Crippen molar-refractivity contribution >= 4 is 91.3 Å². The Labute approximate surface area is 615 Å². The molecular weight excluding hydrogens is 1280 g/mol. The molecular formula is C96H88Cl2N4. The highest BCUT2D eigenvalue weighted by Crippen LogP contribution is 2.49. The molecule has 0 aliphatic heterocycles. The van der Waals surface area contributed by atoms with Crippen molar-refractivity contribution in [3.8, 4) is 22.3 Å². The minimum atomic E-state index is -0.420. The smallest absolute Gasteiger partial charge is 0.0924 e. The van der Waals surface area contributed by atoms with Gasteiger partial charge in [-0.3, -0.25) is 0 Å². The van der Waals surface area contributed by atoms with E-state index in [9.17, 15) is 0 Å². The maximum absolute atomic E-state index is 6.37. The summed E-state index contributed by atoms with van der Waals surface area (Å²) in [4.78, 5) is 9.44. The molecule has 0 aromatic heterocycles. The summed E-state index contributed by atoms with van der Waals surface area (Å²) < 4.78 is 0. The molecule has 0 bridgehead atoms. The molecule has 4 nitrogen and oxygen atoms in total. The zero-order chi connectivity index (χ0) is 70.4. The van der Waals surface area contributed by atoms with Crippen LogP contribution in [0.2, 0.25) is 10.0 Å². The average Bonchev–Trinajstić information content (AvgIpc) is 0.738. The van der Waals surface area contributed by atoms with Crippen LogP contribution in [0.5, 0.6) is 0 Å². The summed E-state index contributed by atoms with van der Waals surface area (Å²) in [6.07, 6.45) is 15.2. The Morgan fingerprint density at radius 1 is 0.324 bits per heavy atom. The minimum Gasteiger partial charge on any atom is -0.327 e. The number of unbranched alkanes of at least 4 members (excludes halogenated alkanes) is 2. The van der Waals surface area contributed by atoms with E-state index in [0.717, 1.165) is 81.3 Å². The first-order chi connectivity index (χ1) is 49.9. The first-order valence-electron chi connectivity index (χ1n) is 35.9. The van der Waals surface area contributed by atoms with Gasteiger partial charge in [-0.2, -0.15) is 0 Å². The van der Waals surface area contributed by atoms with Crippen molar-refractivity contribution in [1.82, 2.24) is 0 Å². The fourth-order valence-electron chi connectivity index (χ4n) is 13.9. The van der Waals surface area contributed by atoms with Crippen LogP contribution in [0.4, 0.5) is 62.6 Å². The molecule has 14 rings (SSSR count). The van der Waals surface area contributed by atoms with Crippen molar-refractivity contribution < 1.29 is 0 Å². The molecule has 1 unspecified atom stereocenters. The number of para-hydroxylation sites is 2. The SMILES string of the molecule is CCCCc1ccc(N(c2ccc(C3=CCC(c4ccccc4)(N(c4ccc(CCCC)cc4)c4cc(C)ccc4C)C=C3)cc2)c2cc(C)ccc2C)cc1.Clc1cccc(N(c2ccccc2)c2ccc(-c3ccc(-c4ccc(N(c5ccccc5)c5cccc(Cl)c5)cc4)cc3)cc2)c1. The van der Waals surface area contributed by atoms with Gasteiger partial charge in [0, 0.05) is 72.6 Å². The summed E-state index contributed by atoms with van der Waals surface area (Å²) in [5.41, 5.74) is 28.1. The highest BCUT2D eigenvalue weighted by Gasteiger charge is 2.39. The third-order valence-electron chi connectivity index (χ3n) is 19.5. The van der Waals surface area contributed by atoms with Gasteiger partial charge in [-0.05, 0) is 266 Å². The Morgan fingerprint density at radius 2 is 0.686 bits per heavy atom. The van der Waals surface area contributed by atoms with Gasteiger partial charge in [0.15, 0.2) is 0 Å². The first-order valence-corrected chi connectivity index (χ1v) is 36.7. The number of rotatable bonds is 22. The lowest BCUT2D eigenvalue weighted by Gasteiger charge is -2.46. The van der Waals surface area contributed by atoms with Crippen LogP contribution in [0.3, 0.4) is 0 Å². The number of nitrogens with zero attached hydrogens (tertiary/aromatic N) is 4. The van der Waals surface area contributed by atoms with Crippen LogP contribution >= 0.6 is 23.2 Å². The zero-order valence-corrected chi connectivity index (χ0v) is 60.8. The lowest BCUT2D eigenvalue weighted by atomic mass is 9.78. The van der Waals surface area contributed by atoms with E-state index in [1.807, 2.05) is 48.5 Å². The van der Waals surface area contributed by atoms with Gasteiger partial charge in [-0.15, -0.1) is 0 Å². The molecule has 0 amide bonds. The molecule has 0 saturated carbocycles. The molecule has 0 heterocycles. The van der Waals surface area contributed by atoms with Crippen LogP contribution in [-0.2, 0) is 18.4 Å². The van der Waals surface area contributed by atoms with Crippen LogP contribution in [0.25, 0.3) is 27.8 Å². The molecule has 0 fully saturated rings. The van der Waals surface area contributed by atoms with E-state index in [2.05, 4.69) is 352 Å². The third kappa shape index (κ3) is 16.1. The van der Waals surface area contributed by atoms with Gasteiger partial charge in [-0.25, -0.2) is 0 Å². The summed E-state index contributed by atoms with van der Waals surface area (Å²) in [6.45, 7) is 13.4. The number of allylic oxidation sites excluding steroid dienone is 2. The van der Waals surface area contributed by atoms with Gasteiger partial charge in [0.1, 0.15) is 0 Å². The van der Waals surface area contributed by atoms with E-state index in [1.54, 1.807) is 0 Å². The predicted molar refractivity (Wildman–Crippen MR) is 439 cm³/mol. The van der Waals surface area contributed by atoms with Crippen molar-refractivity contribution in [2.75, 3.05) is 19.6 Å². The molecule has 506 valence electrons. The Balaban J connectivity index is 0.000000185. The number of hydrogen-bond acceptors (Lipinski definition) is 4. The monoisotopic (exact) mass is 1370 g/mol. The number of aryl methyl sites for hydroxylation is 6. The zero-order valence-electron chi connectivity index (χ0n) is 59.3. The Bertz CT molecular complexity index is 4800. The van der Waals surface area contributed by atoms with Crippen molar-refractivity contribution in [1.29, 1.82) is 0 Å². The maximum Gasteiger partial charge on any atom is 0.0924 e. The molecule has 102 heavy (non-hydrogen) atoms. The lowest BCUT2D eigenvalue weighted by Crippen LogP contribution is -2.43. The van der Waals surface area contributed by atoms with E-state index in [4.69, 9.17) is 23.2 Å². The summed E-state index contributed by atoms with van der Waals surface area (Å²) >= 11 is 12.7. The molecule has 0 N–H and O–H groups in total. The molecule has 13 aromatic carbocycles. The maximum atomic E-state index is 6.37. The Kier molecular flexibility index (Phi) is 22.3. The Hall–Kier alpha value is -10.9. The fraction of sp³-hybridized carbons (Fsp3) is 0.146. The quantitative estimate of drug-likeness (QED) is 0.0670.